The molecule has 36 valence electrons. The van der Waals surface area contributed by atoms with Crippen molar-refractivity contribution in [3.8, 4) is 0 Å². The summed E-state index contributed by atoms with van der Waals surface area (Å²) in [4.78, 5) is 4.51. The van der Waals surface area contributed by atoms with Gasteiger partial charge in [0.15, 0.2) is 0 Å². The SMILES string of the molecule is [O-][NH+]1CCCO1. The van der Waals surface area contributed by atoms with Gasteiger partial charge in [-0.05, 0) is 0 Å². The van der Waals surface area contributed by atoms with Crippen molar-refractivity contribution in [1.29, 1.82) is 0 Å². The summed E-state index contributed by atoms with van der Waals surface area (Å²) in [5, 5.41) is 9.97. The Morgan fingerprint density at radius 2 is 2.50 bits per heavy atom. The highest BCUT2D eigenvalue weighted by molar-refractivity contribution is 4.31. The summed E-state index contributed by atoms with van der Waals surface area (Å²) in [6.45, 7) is 1.26. The van der Waals surface area contributed by atoms with E-state index >= 15 is 0 Å². The summed E-state index contributed by atoms with van der Waals surface area (Å²) in [6, 6.07) is 0. The van der Waals surface area contributed by atoms with Crippen molar-refractivity contribution in [2.45, 2.75) is 6.42 Å². The van der Waals surface area contributed by atoms with Gasteiger partial charge in [0.1, 0.15) is 13.2 Å². The van der Waals surface area contributed by atoms with Crippen LogP contribution >= 0.6 is 0 Å². The second-order valence-electron chi connectivity index (χ2n) is 1.32. The molecule has 0 amide bonds. The van der Waals surface area contributed by atoms with Crippen molar-refractivity contribution in [1.82, 2.24) is 0 Å². The zero-order valence-electron chi connectivity index (χ0n) is 3.44. The van der Waals surface area contributed by atoms with E-state index in [1.165, 1.54) is 0 Å². The maximum absolute atomic E-state index is 10.0. The van der Waals surface area contributed by atoms with Crippen molar-refractivity contribution in [2.24, 2.45) is 0 Å². The fraction of sp³-hybridized carbons (Fsp3) is 1.00. The van der Waals surface area contributed by atoms with Crippen molar-refractivity contribution >= 4 is 0 Å². The van der Waals surface area contributed by atoms with Crippen molar-refractivity contribution in [3.05, 3.63) is 5.21 Å². The predicted octanol–water partition coefficient (Wildman–Crippen LogP) is -1.30. The molecule has 1 heterocycles. The molecule has 1 N–H and O–H groups in total. The number of nitrogens with one attached hydrogen (secondary N) is 1. The molecule has 1 atom stereocenters. The quantitative estimate of drug-likeness (QED) is 0.375. The summed E-state index contributed by atoms with van der Waals surface area (Å²) in [5.74, 6) is 0. The lowest BCUT2D eigenvalue weighted by Crippen LogP contribution is -3.03. The second kappa shape index (κ2) is 1.55. The van der Waals surface area contributed by atoms with Gasteiger partial charge >= 0.3 is 0 Å². The predicted molar refractivity (Wildman–Crippen MR) is 19.8 cm³/mol. The number of rotatable bonds is 0. The Balaban J connectivity index is 2.18. The van der Waals surface area contributed by atoms with Crippen molar-refractivity contribution < 1.29 is 10.1 Å². The zero-order chi connectivity index (χ0) is 4.41. The smallest absolute Gasteiger partial charge is 0.112 e. The van der Waals surface area contributed by atoms with E-state index in [-0.39, 0.29) is 5.23 Å². The molecular weight excluding hydrogens is 82.0 g/mol. The molecule has 1 aliphatic rings. The van der Waals surface area contributed by atoms with Crippen LogP contribution in [0.2, 0.25) is 0 Å². The Labute approximate surface area is 36.0 Å². The molecule has 1 fully saturated rings. The minimum Gasteiger partial charge on any atom is -0.600 e. The van der Waals surface area contributed by atoms with Crippen LogP contribution < -0.4 is 5.23 Å². The minimum atomic E-state index is -0.0463. The maximum atomic E-state index is 10.0. The molecule has 3 heteroatoms. The van der Waals surface area contributed by atoms with Gasteiger partial charge in [0.2, 0.25) is 0 Å². The molecular formula is C3H7NO2. The van der Waals surface area contributed by atoms with Gasteiger partial charge in [-0.25, -0.2) is 10.1 Å². The lowest BCUT2D eigenvalue weighted by Gasteiger charge is -2.08. The summed E-state index contributed by atoms with van der Waals surface area (Å²) in [5.41, 5.74) is 0. The third-order valence-corrected chi connectivity index (χ3v) is 0.788. The van der Waals surface area contributed by atoms with Crippen LogP contribution in [0, 0.1) is 5.21 Å². The summed E-state index contributed by atoms with van der Waals surface area (Å²) in [6.07, 6.45) is 0.916. The van der Waals surface area contributed by atoms with Crippen LogP contribution in [0.1, 0.15) is 6.42 Å². The van der Waals surface area contributed by atoms with Gasteiger partial charge < -0.3 is 5.21 Å². The Morgan fingerprint density at radius 1 is 1.67 bits per heavy atom. The van der Waals surface area contributed by atoms with Crippen molar-refractivity contribution in [2.75, 3.05) is 13.2 Å². The van der Waals surface area contributed by atoms with Crippen LogP contribution in [-0.2, 0) is 4.84 Å². The molecule has 0 aromatic carbocycles. The Hall–Kier alpha value is -0.120. The van der Waals surface area contributed by atoms with E-state index in [1.54, 1.807) is 0 Å². The average Bonchev–Trinajstić information content (AvgIpc) is 1.86. The van der Waals surface area contributed by atoms with Gasteiger partial charge in [0.05, 0.1) is 0 Å². The topological polar surface area (TPSA) is 36.7 Å². The van der Waals surface area contributed by atoms with E-state index in [2.05, 4.69) is 4.84 Å². The number of quaternary nitrogens is 1. The number of hydrogen-bond donors (Lipinski definition) is 1. The first kappa shape index (κ1) is 4.05. The molecule has 1 aliphatic heterocycles. The number of hydroxylamine groups is 2. The van der Waals surface area contributed by atoms with Crippen LogP contribution in [0.15, 0.2) is 0 Å². The highest BCUT2D eigenvalue weighted by Crippen LogP contribution is 1.77. The Bertz CT molecular complexity index is 42.1. The minimum absolute atomic E-state index is 0.0463. The Morgan fingerprint density at radius 3 is 2.67 bits per heavy atom. The standard InChI is InChI=1S/C3H7NO2/c5-4-2-1-3-6-4/h4H,1-3H2. The third kappa shape index (κ3) is 0.680. The van der Waals surface area contributed by atoms with Crippen LogP contribution in [0.5, 0.6) is 0 Å². The molecule has 3 nitrogen and oxygen atoms in total. The van der Waals surface area contributed by atoms with Gasteiger partial charge in [-0.2, -0.15) is 0 Å². The maximum Gasteiger partial charge on any atom is 0.112 e. The monoisotopic (exact) mass is 89.0 g/mol. The van der Waals surface area contributed by atoms with Gasteiger partial charge in [0, 0.05) is 6.42 Å². The van der Waals surface area contributed by atoms with E-state index < -0.39 is 0 Å². The van der Waals surface area contributed by atoms with E-state index in [9.17, 15) is 5.21 Å². The van der Waals surface area contributed by atoms with Crippen LogP contribution in [0.4, 0.5) is 0 Å². The van der Waals surface area contributed by atoms with E-state index in [1.807, 2.05) is 0 Å². The van der Waals surface area contributed by atoms with E-state index in [0.717, 1.165) is 6.42 Å². The van der Waals surface area contributed by atoms with E-state index in [0.29, 0.717) is 13.2 Å². The molecule has 1 unspecified atom stereocenters. The largest absolute Gasteiger partial charge is 0.600 e. The Kier molecular flexibility index (Phi) is 1.05. The highest BCUT2D eigenvalue weighted by atomic mass is 16.9. The second-order valence-corrected chi connectivity index (χ2v) is 1.32. The molecule has 0 aromatic heterocycles. The fourth-order valence-electron chi connectivity index (χ4n) is 0.475. The van der Waals surface area contributed by atoms with Crippen LogP contribution in [-0.4, -0.2) is 13.2 Å². The molecule has 0 saturated carbocycles. The van der Waals surface area contributed by atoms with E-state index in [4.69, 9.17) is 0 Å². The van der Waals surface area contributed by atoms with Gasteiger partial charge in [0.25, 0.3) is 0 Å². The lowest BCUT2D eigenvalue weighted by atomic mass is 10.5. The molecule has 0 aromatic rings. The molecule has 0 spiro atoms. The van der Waals surface area contributed by atoms with Crippen LogP contribution in [0.3, 0.4) is 0 Å². The number of hydrogen-bond acceptors (Lipinski definition) is 2. The first-order valence-electron chi connectivity index (χ1n) is 2.05. The third-order valence-electron chi connectivity index (χ3n) is 0.788. The normalized spacial score (nSPS) is 34.5. The lowest BCUT2D eigenvalue weighted by molar-refractivity contribution is -1.03. The molecule has 0 radical (unpaired) electrons. The first-order valence-corrected chi connectivity index (χ1v) is 2.05. The molecule has 1 rings (SSSR count). The van der Waals surface area contributed by atoms with Gasteiger partial charge in [-0.3, -0.25) is 0 Å². The van der Waals surface area contributed by atoms with Gasteiger partial charge in [-0.15, -0.1) is 0 Å². The molecule has 0 aliphatic carbocycles. The molecule has 0 bridgehead atoms. The highest BCUT2D eigenvalue weighted by Gasteiger charge is 2.05. The molecule has 1 saturated heterocycles. The average molecular weight is 89.1 g/mol. The summed E-state index contributed by atoms with van der Waals surface area (Å²) < 4.78 is 0. The first-order chi connectivity index (χ1) is 2.89. The summed E-state index contributed by atoms with van der Waals surface area (Å²) >= 11 is 0. The summed E-state index contributed by atoms with van der Waals surface area (Å²) in [7, 11) is 0. The zero-order valence-corrected chi connectivity index (χ0v) is 3.44. The van der Waals surface area contributed by atoms with Crippen molar-refractivity contribution in [3.63, 3.8) is 0 Å². The fourth-order valence-corrected chi connectivity index (χ4v) is 0.475. The van der Waals surface area contributed by atoms with Crippen LogP contribution in [0.25, 0.3) is 0 Å². The van der Waals surface area contributed by atoms with Gasteiger partial charge in [-0.1, -0.05) is 0 Å². The molecule has 6 heavy (non-hydrogen) atoms.